The van der Waals surface area contributed by atoms with Crippen molar-refractivity contribution in [3.8, 4) is 11.5 Å². The topological polar surface area (TPSA) is 18.5 Å². The molecule has 0 bridgehead atoms. The Kier molecular flexibility index (Phi) is 9.24. The fourth-order valence-corrected chi connectivity index (χ4v) is 6.58. The van der Waals surface area contributed by atoms with Gasteiger partial charge < -0.3 is 9.47 Å². The van der Waals surface area contributed by atoms with Crippen LogP contribution in [0.25, 0.3) is 0 Å². The second-order valence-corrected chi connectivity index (χ2v) is 13.1. The fraction of sp³-hybridized carbons (Fsp3) is 0.0625. The van der Waals surface area contributed by atoms with Gasteiger partial charge in [-0.1, -0.05) is 24.3 Å². The first-order valence-corrected chi connectivity index (χ1v) is 15.4. The van der Waals surface area contributed by atoms with Gasteiger partial charge in [0, 0.05) is 7.14 Å². The molecule has 0 aromatic heterocycles. The van der Waals surface area contributed by atoms with Gasteiger partial charge in [0.05, 0.1) is 10.9 Å². The fourth-order valence-electron chi connectivity index (χ4n) is 3.82. The molecule has 0 N–H and O–H groups in total. The minimum absolute atomic E-state index is 0.240. The molecule has 0 saturated heterocycles. The first-order valence-electron chi connectivity index (χ1n) is 12.0. The Morgan fingerprint density at radius 2 is 0.816 bits per heavy atom. The van der Waals surface area contributed by atoms with E-state index >= 15 is 0 Å². The summed E-state index contributed by atoms with van der Waals surface area (Å²) >= 11 is 4.60. The molecule has 2 nitrogen and oxygen atoms in total. The normalized spacial score (nSPS) is 10.9. The Labute approximate surface area is 252 Å². The summed E-state index contributed by atoms with van der Waals surface area (Å²) in [5.74, 6) is 1.39. The molecule has 0 amide bonds. The molecule has 0 radical (unpaired) electrons. The second-order valence-electron chi connectivity index (χ2n) is 8.53. The lowest BCUT2D eigenvalue weighted by Gasteiger charge is -2.11. The van der Waals surface area contributed by atoms with Crippen LogP contribution in [0.2, 0.25) is 0 Å². The summed E-state index contributed by atoms with van der Waals surface area (Å²) in [5, 5.41) is 0. The smallest absolute Gasteiger partial charge is 0.166 e. The first-order chi connectivity index (χ1) is 18.5. The zero-order valence-electron chi connectivity index (χ0n) is 20.3. The molecule has 38 heavy (non-hydrogen) atoms. The lowest BCUT2D eigenvalue weighted by Crippen LogP contribution is -2.05. The molecule has 0 spiro atoms. The highest BCUT2D eigenvalue weighted by atomic mass is 127. The minimum atomic E-state index is -0.404. The van der Waals surface area contributed by atoms with Crippen LogP contribution in [0.1, 0.15) is 11.1 Å². The van der Waals surface area contributed by atoms with E-state index in [4.69, 9.17) is 9.47 Å². The van der Waals surface area contributed by atoms with E-state index in [0.717, 1.165) is 37.3 Å². The van der Waals surface area contributed by atoms with Gasteiger partial charge in [0.15, 0.2) is 14.7 Å². The second kappa shape index (κ2) is 13.0. The van der Waals surface area contributed by atoms with Crippen molar-refractivity contribution in [3.05, 3.63) is 145 Å². The third-order valence-electron chi connectivity index (χ3n) is 5.81. The summed E-state index contributed by atoms with van der Waals surface area (Å²) in [4.78, 5) is 3.31. The molecule has 6 heteroatoms. The van der Waals surface area contributed by atoms with Crippen molar-refractivity contribution in [1.82, 2.24) is 0 Å². The van der Waals surface area contributed by atoms with Crippen molar-refractivity contribution >= 4 is 56.1 Å². The van der Waals surface area contributed by atoms with Crippen LogP contribution in [0, 0.1) is 13.0 Å². The van der Waals surface area contributed by atoms with Gasteiger partial charge in [-0.05, 0) is 153 Å². The zero-order valence-corrected chi connectivity index (χ0v) is 25.5. The van der Waals surface area contributed by atoms with E-state index in [9.17, 15) is 4.39 Å². The van der Waals surface area contributed by atoms with Crippen LogP contribution < -0.4 is 9.47 Å². The molecule has 0 aliphatic carbocycles. The number of hydrogen-bond donors (Lipinski definition) is 0. The van der Waals surface area contributed by atoms with Crippen molar-refractivity contribution in [1.29, 1.82) is 0 Å². The highest BCUT2D eigenvalue weighted by Crippen LogP contribution is 2.33. The molecule has 0 aliphatic heterocycles. The highest BCUT2D eigenvalue weighted by Gasteiger charge is 2.29. The molecular weight excluding hydrogens is 721 g/mol. The van der Waals surface area contributed by atoms with Gasteiger partial charge in [-0.15, -0.1) is 0 Å². The van der Waals surface area contributed by atoms with Crippen molar-refractivity contribution < 1.29 is 13.9 Å². The minimum Gasteiger partial charge on any atom is -0.489 e. The standard InChI is InChI=1S/C32H24FI2O2S/c33-25-5-15-30(16-6-25)38(31-17-11-28(12-18-31)36-21-23-1-7-26(34)8-2-23)32-19-13-29(14-20-32)37-22-24-3-9-27(35)10-4-24/h1-20H,21-22H2/q+1. The van der Waals surface area contributed by atoms with Gasteiger partial charge in [0.1, 0.15) is 30.5 Å². The van der Waals surface area contributed by atoms with Gasteiger partial charge in [-0.3, -0.25) is 0 Å². The third-order valence-corrected chi connectivity index (χ3v) is 9.47. The van der Waals surface area contributed by atoms with Gasteiger partial charge in [0.25, 0.3) is 0 Å². The van der Waals surface area contributed by atoms with Crippen LogP contribution in [-0.4, -0.2) is 0 Å². The number of rotatable bonds is 9. The summed E-state index contributed by atoms with van der Waals surface area (Å²) < 4.78 is 28.2. The molecule has 0 fully saturated rings. The Morgan fingerprint density at radius 1 is 0.474 bits per heavy atom. The lowest BCUT2D eigenvalue weighted by atomic mass is 10.2. The van der Waals surface area contributed by atoms with Crippen LogP contribution in [0.3, 0.4) is 0 Å². The monoisotopic (exact) mass is 745 g/mol. The van der Waals surface area contributed by atoms with Crippen LogP contribution >= 0.6 is 45.2 Å². The van der Waals surface area contributed by atoms with E-state index < -0.39 is 10.9 Å². The highest BCUT2D eigenvalue weighted by molar-refractivity contribution is 14.1. The molecule has 0 aliphatic rings. The van der Waals surface area contributed by atoms with E-state index in [-0.39, 0.29) is 5.82 Å². The van der Waals surface area contributed by atoms with E-state index in [0.29, 0.717) is 13.2 Å². The Morgan fingerprint density at radius 3 is 1.18 bits per heavy atom. The van der Waals surface area contributed by atoms with Crippen LogP contribution in [-0.2, 0) is 24.1 Å². The lowest BCUT2D eigenvalue weighted by molar-refractivity contribution is 0.306. The maximum Gasteiger partial charge on any atom is 0.166 e. The molecule has 0 saturated carbocycles. The van der Waals surface area contributed by atoms with Crippen LogP contribution in [0.15, 0.2) is 136 Å². The molecule has 0 unspecified atom stereocenters. The Hall–Kier alpha value is -2.56. The number of benzene rings is 5. The van der Waals surface area contributed by atoms with Crippen molar-refractivity contribution in [2.24, 2.45) is 0 Å². The number of ether oxygens (including phenoxy) is 2. The van der Waals surface area contributed by atoms with Crippen molar-refractivity contribution in [3.63, 3.8) is 0 Å². The Balaban J connectivity index is 1.33. The molecule has 5 aromatic rings. The van der Waals surface area contributed by atoms with Gasteiger partial charge in [-0.2, -0.15) is 0 Å². The summed E-state index contributed by atoms with van der Waals surface area (Å²) in [5.41, 5.74) is 2.26. The molecule has 190 valence electrons. The maximum atomic E-state index is 13.7. The molecule has 5 aromatic carbocycles. The predicted octanol–water partition coefficient (Wildman–Crippen LogP) is 9.29. The van der Waals surface area contributed by atoms with Crippen LogP contribution in [0.4, 0.5) is 4.39 Å². The number of halogens is 3. The Bertz CT molecular complexity index is 1360. The quantitative estimate of drug-likeness (QED) is 0.111. The predicted molar refractivity (Wildman–Crippen MR) is 168 cm³/mol. The summed E-state index contributed by atoms with van der Waals surface area (Å²) in [6.45, 7) is 1.03. The van der Waals surface area contributed by atoms with Gasteiger partial charge >= 0.3 is 0 Å². The summed E-state index contributed by atoms with van der Waals surface area (Å²) in [6, 6.07) is 39.8. The van der Waals surface area contributed by atoms with E-state index in [2.05, 4.69) is 118 Å². The van der Waals surface area contributed by atoms with Crippen LogP contribution in [0.5, 0.6) is 11.5 Å². The van der Waals surface area contributed by atoms with E-state index in [1.165, 1.54) is 19.3 Å². The molecule has 0 atom stereocenters. The van der Waals surface area contributed by atoms with Gasteiger partial charge in [-0.25, -0.2) is 4.39 Å². The first kappa shape index (κ1) is 27.0. The van der Waals surface area contributed by atoms with E-state index in [1.54, 1.807) is 0 Å². The largest absolute Gasteiger partial charge is 0.489 e. The van der Waals surface area contributed by atoms with Crippen molar-refractivity contribution in [2.45, 2.75) is 27.9 Å². The third kappa shape index (κ3) is 7.30. The number of hydrogen-bond acceptors (Lipinski definition) is 2. The van der Waals surface area contributed by atoms with E-state index in [1.807, 2.05) is 36.4 Å². The zero-order chi connectivity index (χ0) is 26.3. The molecular formula is C32H24FI2O2S+. The molecule has 0 heterocycles. The summed E-state index contributed by atoms with van der Waals surface area (Å²) in [7, 11) is -0.404. The molecule has 5 rings (SSSR count). The summed E-state index contributed by atoms with van der Waals surface area (Å²) in [6.07, 6.45) is 0. The maximum absolute atomic E-state index is 13.7. The van der Waals surface area contributed by atoms with Crippen molar-refractivity contribution in [2.75, 3.05) is 0 Å². The van der Waals surface area contributed by atoms with Gasteiger partial charge in [0.2, 0.25) is 0 Å². The average molecular weight is 745 g/mol. The average Bonchev–Trinajstić information content (AvgIpc) is 2.95. The SMILES string of the molecule is Fc1ccc([S+](c2ccc(OCc3ccc(I)cc3)cc2)c2ccc(OCc3ccc(I)cc3)cc2)cc1.